The van der Waals surface area contributed by atoms with Gasteiger partial charge in [0.25, 0.3) is 5.91 Å². The number of piperidine rings is 1. The van der Waals surface area contributed by atoms with Crippen LogP contribution in [-0.4, -0.2) is 44.5 Å². The lowest BCUT2D eigenvalue weighted by atomic mass is 9.86. The number of carbonyl (C=O) groups excluding carboxylic acids is 1. The van der Waals surface area contributed by atoms with Crippen LogP contribution in [0.5, 0.6) is 0 Å². The van der Waals surface area contributed by atoms with Crippen LogP contribution in [-0.2, 0) is 13.0 Å². The molecule has 0 bridgehead atoms. The average molecular weight is 413 g/mol. The van der Waals surface area contributed by atoms with Gasteiger partial charge in [-0.15, -0.1) is 0 Å². The molecule has 7 heteroatoms. The molecule has 29 heavy (non-hydrogen) atoms. The Morgan fingerprint density at radius 3 is 2.79 bits per heavy atom. The van der Waals surface area contributed by atoms with E-state index in [1.54, 1.807) is 15.5 Å². The first-order chi connectivity index (χ1) is 14.0. The number of nitrogens with two attached hydrogens (primary N) is 1. The quantitative estimate of drug-likeness (QED) is 0.690. The van der Waals surface area contributed by atoms with Gasteiger partial charge in [-0.05, 0) is 48.4 Å². The largest absolute Gasteiger partial charge is 0.391 e. The summed E-state index contributed by atoms with van der Waals surface area (Å²) in [6.45, 7) is 3.32. The van der Waals surface area contributed by atoms with Crippen molar-refractivity contribution in [2.24, 2.45) is 11.7 Å². The molecule has 0 aliphatic carbocycles. The number of rotatable bonds is 4. The van der Waals surface area contributed by atoms with Gasteiger partial charge in [0.2, 0.25) is 0 Å². The van der Waals surface area contributed by atoms with E-state index >= 15 is 0 Å². The number of aryl methyl sites for hydroxylation is 1. The zero-order chi connectivity index (χ0) is 20.5. The van der Waals surface area contributed by atoms with Crippen molar-refractivity contribution in [3.05, 3.63) is 70.1 Å². The van der Waals surface area contributed by atoms with Gasteiger partial charge >= 0.3 is 0 Å². The Balaban J connectivity index is 1.47. The molecule has 1 aliphatic rings. The fourth-order valence-corrected chi connectivity index (χ4v) is 4.41. The minimum absolute atomic E-state index is 0.102. The van der Waals surface area contributed by atoms with Crippen LogP contribution in [0.25, 0.3) is 5.65 Å². The third-order valence-electron chi connectivity index (χ3n) is 5.69. The second kappa shape index (κ2) is 8.14. The summed E-state index contributed by atoms with van der Waals surface area (Å²) >= 11 is 6.25. The Kier molecular flexibility index (Phi) is 5.58. The van der Waals surface area contributed by atoms with Crippen molar-refractivity contribution < 1.29 is 9.90 Å². The van der Waals surface area contributed by atoms with E-state index in [0.29, 0.717) is 36.0 Å². The van der Waals surface area contributed by atoms with E-state index in [1.165, 1.54) is 5.56 Å². The topological polar surface area (TPSA) is 83.9 Å². The predicted molar refractivity (Wildman–Crippen MR) is 113 cm³/mol. The highest BCUT2D eigenvalue weighted by Crippen LogP contribution is 2.25. The molecule has 2 aromatic heterocycles. The summed E-state index contributed by atoms with van der Waals surface area (Å²) in [4.78, 5) is 19.0. The van der Waals surface area contributed by atoms with Crippen LogP contribution in [0.4, 0.5) is 0 Å². The number of carbonyl (C=O) groups is 1. The molecule has 1 aromatic carbocycles. The second-order valence-electron chi connectivity index (χ2n) is 7.77. The summed E-state index contributed by atoms with van der Waals surface area (Å²) < 4.78 is 1.78. The fourth-order valence-electron chi connectivity index (χ4n) is 4.10. The lowest BCUT2D eigenvalue weighted by Gasteiger charge is -2.36. The van der Waals surface area contributed by atoms with Crippen molar-refractivity contribution in [3.63, 3.8) is 0 Å². The first kappa shape index (κ1) is 19.9. The monoisotopic (exact) mass is 412 g/mol. The van der Waals surface area contributed by atoms with Crippen molar-refractivity contribution in [3.8, 4) is 0 Å². The molecular formula is C22H25ClN4O2. The van der Waals surface area contributed by atoms with E-state index in [1.807, 2.05) is 37.4 Å². The molecule has 1 fully saturated rings. The zero-order valence-electron chi connectivity index (χ0n) is 16.4. The van der Waals surface area contributed by atoms with Gasteiger partial charge in [-0.3, -0.25) is 4.79 Å². The smallest absolute Gasteiger partial charge is 0.274 e. The summed E-state index contributed by atoms with van der Waals surface area (Å²) in [5.41, 5.74) is 10.0. The van der Waals surface area contributed by atoms with Crippen molar-refractivity contribution in [2.75, 3.05) is 13.1 Å². The van der Waals surface area contributed by atoms with Crippen LogP contribution in [0.1, 0.15) is 33.6 Å². The van der Waals surface area contributed by atoms with E-state index in [0.717, 1.165) is 24.0 Å². The van der Waals surface area contributed by atoms with E-state index < -0.39 is 6.10 Å². The summed E-state index contributed by atoms with van der Waals surface area (Å²) in [7, 11) is 0. The Labute approximate surface area is 174 Å². The Hall–Kier alpha value is -2.41. The molecule has 3 heterocycles. The molecule has 1 aliphatic heterocycles. The first-order valence-electron chi connectivity index (χ1n) is 9.85. The number of nitrogens with zero attached hydrogens (tertiary/aromatic N) is 3. The van der Waals surface area contributed by atoms with Gasteiger partial charge in [0, 0.05) is 32.0 Å². The number of aliphatic hydroxyl groups excluding tert-OH is 1. The number of imidazole rings is 1. The lowest BCUT2D eigenvalue weighted by molar-refractivity contribution is 0.0194. The van der Waals surface area contributed by atoms with Gasteiger partial charge in [0.05, 0.1) is 11.1 Å². The standard InChI is InChI=1S/C22H25ClN4O2/c1-14-8-18(23)21-25-19(12-27(21)11-14)22(29)26-7-6-16(20(28)13-26)9-15-4-2-3-5-17(15)10-24/h2-5,8,11-12,16,20,28H,6-7,9-10,13,24H2,1H3. The van der Waals surface area contributed by atoms with E-state index in [2.05, 4.69) is 11.1 Å². The number of β-amino-alcohol motifs (C(OH)–C–C–N with tert-alkyl or cyclic N) is 1. The van der Waals surface area contributed by atoms with Gasteiger partial charge in [-0.2, -0.15) is 0 Å². The average Bonchev–Trinajstić information content (AvgIpc) is 3.13. The highest BCUT2D eigenvalue weighted by Gasteiger charge is 2.32. The zero-order valence-corrected chi connectivity index (χ0v) is 17.1. The first-order valence-corrected chi connectivity index (χ1v) is 10.2. The Morgan fingerprint density at radius 1 is 1.31 bits per heavy atom. The van der Waals surface area contributed by atoms with Crippen molar-refractivity contribution in [1.82, 2.24) is 14.3 Å². The SMILES string of the molecule is Cc1cc(Cl)c2nc(C(=O)N3CCC(Cc4ccccc4CN)C(O)C3)cn2c1. The van der Waals surface area contributed by atoms with Gasteiger partial charge in [-0.1, -0.05) is 35.9 Å². The second-order valence-corrected chi connectivity index (χ2v) is 8.17. The number of benzene rings is 1. The van der Waals surface area contributed by atoms with Crippen molar-refractivity contribution in [1.29, 1.82) is 0 Å². The molecule has 0 radical (unpaired) electrons. The molecule has 1 amide bonds. The third kappa shape index (κ3) is 4.01. The molecule has 1 saturated heterocycles. The molecule has 2 unspecified atom stereocenters. The Bertz CT molecular complexity index is 1050. The minimum atomic E-state index is -0.582. The molecule has 0 spiro atoms. The van der Waals surface area contributed by atoms with Gasteiger partial charge < -0.3 is 20.1 Å². The number of halogens is 1. The number of hydrogen-bond donors (Lipinski definition) is 2. The number of likely N-dealkylation sites (tertiary alicyclic amines) is 1. The third-order valence-corrected chi connectivity index (χ3v) is 5.97. The number of aliphatic hydroxyl groups is 1. The summed E-state index contributed by atoms with van der Waals surface area (Å²) in [5.74, 6) is -0.0767. The van der Waals surface area contributed by atoms with Crippen LogP contribution >= 0.6 is 11.6 Å². The molecule has 2 atom stereocenters. The maximum absolute atomic E-state index is 13.0. The minimum Gasteiger partial charge on any atom is -0.391 e. The van der Waals surface area contributed by atoms with E-state index in [4.69, 9.17) is 17.3 Å². The summed E-state index contributed by atoms with van der Waals surface area (Å²) in [6.07, 6.45) is 4.51. The molecule has 3 N–H and O–H groups in total. The summed E-state index contributed by atoms with van der Waals surface area (Å²) in [6, 6.07) is 9.89. The van der Waals surface area contributed by atoms with Crippen LogP contribution in [0.15, 0.2) is 42.7 Å². The molecule has 0 saturated carbocycles. The molecule has 4 rings (SSSR count). The Morgan fingerprint density at radius 2 is 2.07 bits per heavy atom. The number of hydrogen-bond acceptors (Lipinski definition) is 4. The maximum atomic E-state index is 13.0. The van der Waals surface area contributed by atoms with Gasteiger partial charge in [-0.25, -0.2) is 4.98 Å². The fraction of sp³-hybridized carbons (Fsp3) is 0.364. The number of fused-ring (bicyclic) bond motifs is 1. The van der Waals surface area contributed by atoms with Crippen LogP contribution < -0.4 is 5.73 Å². The molecule has 3 aromatic rings. The molecular weight excluding hydrogens is 388 g/mol. The molecule has 152 valence electrons. The van der Waals surface area contributed by atoms with Gasteiger partial charge in [0.15, 0.2) is 5.65 Å². The van der Waals surface area contributed by atoms with Crippen LogP contribution in [0.3, 0.4) is 0 Å². The summed E-state index contributed by atoms with van der Waals surface area (Å²) in [5, 5.41) is 11.2. The highest BCUT2D eigenvalue weighted by atomic mass is 35.5. The lowest BCUT2D eigenvalue weighted by Crippen LogP contribution is -2.47. The van der Waals surface area contributed by atoms with Crippen molar-refractivity contribution >= 4 is 23.2 Å². The predicted octanol–water partition coefficient (Wildman–Crippen LogP) is 2.82. The molecule has 6 nitrogen and oxygen atoms in total. The van der Waals surface area contributed by atoms with Crippen molar-refractivity contribution in [2.45, 2.75) is 32.4 Å². The highest BCUT2D eigenvalue weighted by molar-refractivity contribution is 6.33. The number of pyridine rings is 1. The van der Waals surface area contributed by atoms with Crippen LogP contribution in [0, 0.1) is 12.8 Å². The van der Waals surface area contributed by atoms with E-state index in [-0.39, 0.29) is 11.8 Å². The van der Waals surface area contributed by atoms with Gasteiger partial charge in [0.1, 0.15) is 5.69 Å². The van der Waals surface area contributed by atoms with E-state index in [9.17, 15) is 9.90 Å². The number of aromatic nitrogens is 2. The van der Waals surface area contributed by atoms with Crippen LogP contribution in [0.2, 0.25) is 5.02 Å². The maximum Gasteiger partial charge on any atom is 0.274 e. The number of amides is 1. The normalized spacial score (nSPS) is 19.7.